The molecule has 0 bridgehead atoms. The number of allylic oxidation sites excluding steroid dienone is 4. The summed E-state index contributed by atoms with van der Waals surface area (Å²) in [6.07, 6.45) is 6.79. The Labute approximate surface area is 61.0 Å². The normalized spacial score (nSPS) is 13.7. The average molecular weight is 141 g/mol. The van der Waals surface area contributed by atoms with Gasteiger partial charge in [0.05, 0.1) is 0 Å². The fourth-order valence-corrected chi connectivity index (χ4v) is 0.432. The zero-order valence-corrected chi connectivity index (χ0v) is 6.34. The van der Waals surface area contributed by atoms with Crippen molar-refractivity contribution in [3.05, 3.63) is 24.1 Å². The van der Waals surface area contributed by atoms with Crippen molar-refractivity contribution >= 4 is 6.21 Å². The lowest BCUT2D eigenvalue weighted by atomic mass is 10.4. The summed E-state index contributed by atoms with van der Waals surface area (Å²) >= 11 is 0. The maximum atomic E-state index is 12.5. The Morgan fingerprint density at radius 2 is 2.30 bits per heavy atom. The van der Waals surface area contributed by atoms with E-state index in [9.17, 15) is 4.39 Å². The van der Waals surface area contributed by atoms with Gasteiger partial charge in [0.15, 0.2) is 0 Å². The highest BCUT2D eigenvalue weighted by atomic mass is 19.1. The van der Waals surface area contributed by atoms with Gasteiger partial charge in [-0.05, 0) is 18.6 Å². The Morgan fingerprint density at radius 3 is 2.80 bits per heavy atom. The van der Waals surface area contributed by atoms with Gasteiger partial charge in [-0.15, -0.1) is 0 Å². The molecule has 0 atom stereocenters. The van der Waals surface area contributed by atoms with E-state index in [1.807, 2.05) is 6.92 Å². The first-order valence-electron chi connectivity index (χ1n) is 3.25. The minimum absolute atomic E-state index is 0.257. The summed E-state index contributed by atoms with van der Waals surface area (Å²) in [5.41, 5.74) is 0. The van der Waals surface area contributed by atoms with E-state index in [0.29, 0.717) is 0 Å². The largest absolute Gasteiger partial charge is 0.296 e. The molecule has 2 heteroatoms. The smallest absolute Gasteiger partial charge is 0.124 e. The molecular weight excluding hydrogens is 129 g/mol. The molecule has 0 aromatic rings. The lowest BCUT2D eigenvalue weighted by Gasteiger charge is -1.81. The van der Waals surface area contributed by atoms with Crippen LogP contribution in [0.4, 0.5) is 4.39 Å². The van der Waals surface area contributed by atoms with Crippen LogP contribution in [0.3, 0.4) is 0 Å². The SMILES string of the molecule is CC/C=C/C(F)=C\C=N/C. The summed E-state index contributed by atoms with van der Waals surface area (Å²) in [6.45, 7) is 1.96. The van der Waals surface area contributed by atoms with Crippen molar-refractivity contribution in [3.63, 3.8) is 0 Å². The van der Waals surface area contributed by atoms with Crippen molar-refractivity contribution in [1.82, 2.24) is 0 Å². The molecule has 0 heterocycles. The first-order chi connectivity index (χ1) is 4.81. The van der Waals surface area contributed by atoms with Gasteiger partial charge in [0.2, 0.25) is 0 Å². The molecular formula is C8H12FN. The van der Waals surface area contributed by atoms with Crippen LogP contribution in [0.25, 0.3) is 0 Å². The molecule has 0 amide bonds. The van der Waals surface area contributed by atoms with Gasteiger partial charge >= 0.3 is 0 Å². The third kappa shape index (κ3) is 5.22. The standard InChI is InChI=1S/C8H12FN/c1-3-4-5-8(9)6-7-10-2/h4-7H,3H2,1-2H3/b5-4+,8-6+,10-7-. The van der Waals surface area contributed by atoms with Crippen LogP contribution in [-0.2, 0) is 0 Å². The van der Waals surface area contributed by atoms with Crippen LogP contribution in [0.1, 0.15) is 13.3 Å². The third-order valence-corrected chi connectivity index (χ3v) is 0.896. The fraction of sp³-hybridized carbons (Fsp3) is 0.375. The summed E-state index contributed by atoms with van der Waals surface area (Å²) < 4.78 is 12.5. The van der Waals surface area contributed by atoms with E-state index in [2.05, 4.69) is 4.99 Å². The van der Waals surface area contributed by atoms with Gasteiger partial charge in [0.25, 0.3) is 0 Å². The van der Waals surface area contributed by atoms with E-state index in [4.69, 9.17) is 0 Å². The third-order valence-electron chi connectivity index (χ3n) is 0.896. The molecule has 0 aliphatic rings. The molecule has 56 valence electrons. The van der Waals surface area contributed by atoms with Crippen molar-refractivity contribution in [2.24, 2.45) is 4.99 Å². The van der Waals surface area contributed by atoms with Crippen LogP contribution in [0.5, 0.6) is 0 Å². The second-order valence-electron chi connectivity index (χ2n) is 1.77. The molecule has 0 N–H and O–H groups in total. The van der Waals surface area contributed by atoms with Gasteiger partial charge in [-0.2, -0.15) is 0 Å². The maximum Gasteiger partial charge on any atom is 0.124 e. The minimum atomic E-state index is -0.257. The van der Waals surface area contributed by atoms with Crippen LogP contribution >= 0.6 is 0 Å². The summed E-state index contributed by atoms with van der Waals surface area (Å²) in [5.74, 6) is -0.257. The molecule has 0 unspecified atom stereocenters. The topological polar surface area (TPSA) is 12.4 Å². The number of hydrogen-bond acceptors (Lipinski definition) is 1. The Balaban J connectivity index is 3.81. The lowest BCUT2D eigenvalue weighted by Crippen LogP contribution is -1.68. The van der Waals surface area contributed by atoms with Crippen molar-refractivity contribution in [2.75, 3.05) is 7.05 Å². The van der Waals surface area contributed by atoms with Crippen molar-refractivity contribution in [3.8, 4) is 0 Å². The van der Waals surface area contributed by atoms with E-state index in [0.717, 1.165) is 6.42 Å². The Morgan fingerprint density at radius 1 is 1.60 bits per heavy atom. The molecule has 0 aliphatic heterocycles. The first kappa shape index (κ1) is 9.08. The zero-order valence-electron chi connectivity index (χ0n) is 6.34. The number of rotatable bonds is 3. The Bertz CT molecular complexity index is 157. The monoisotopic (exact) mass is 141 g/mol. The van der Waals surface area contributed by atoms with E-state index < -0.39 is 0 Å². The minimum Gasteiger partial charge on any atom is -0.296 e. The van der Waals surface area contributed by atoms with Gasteiger partial charge in [-0.25, -0.2) is 4.39 Å². The van der Waals surface area contributed by atoms with Crippen LogP contribution in [0.15, 0.2) is 29.0 Å². The van der Waals surface area contributed by atoms with E-state index in [1.54, 1.807) is 13.1 Å². The number of nitrogens with zero attached hydrogens (tertiary/aromatic N) is 1. The van der Waals surface area contributed by atoms with Crippen molar-refractivity contribution < 1.29 is 4.39 Å². The Hall–Kier alpha value is -0.920. The quantitative estimate of drug-likeness (QED) is 0.423. The Kier molecular flexibility index (Phi) is 5.63. The van der Waals surface area contributed by atoms with Crippen LogP contribution in [0.2, 0.25) is 0 Å². The predicted molar refractivity (Wildman–Crippen MR) is 43.0 cm³/mol. The van der Waals surface area contributed by atoms with E-state index in [-0.39, 0.29) is 5.83 Å². The van der Waals surface area contributed by atoms with E-state index >= 15 is 0 Å². The molecule has 0 saturated carbocycles. The summed E-state index contributed by atoms with van der Waals surface area (Å²) in [6, 6.07) is 0. The van der Waals surface area contributed by atoms with Gasteiger partial charge in [-0.1, -0.05) is 13.0 Å². The highest BCUT2D eigenvalue weighted by Crippen LogP contribution is 1.96. The molecule has 0 aromatic carbocycles. The highest BCUT2D eigenvalue weighted by molar-refractivity contribution is 5.72. The predicted octanol–water partition coefficient (Wildman–Crippen LogP) is 2.51. The summed E-state index contributed by atoms with van der Waals surface area (Å²) in [5, 5.41) is 0. The number of aliphatic imine (C=N–C) groups is 1. The van der Waals surface area contributed by atoms with E-state index in [1.165, 1.54) is 18.4 Å². The van der Waals surface area contributed by atoms with Gasteiger partial charge in [0.1, 0.15) is 5.83 Å². The van der Waals surface area contributed by atoms with Crippen molar-refractivity contribution in [2.45, 2.75) is 13.3 Å². The highest BCUT2D eigenvalue weighted by Gasteiger charge is 1.80. The van der Waals surface area contributed by atoms with Gasteiger partial charge in [-0.3, -0.25) is 4.99 Å². The molecule has 0 aliphatic carbocycles. The number of hydrogen-bond donors (Lipinski definition) is 0. The average Bonchev–Trinajstić information content (AvgIpc) is 1.97. The van der Waals surface area contributed by atoms with Gasteiger partial charge < -0.3 is 0 Å². The zero-order chi connectivity index (χ0) is 7.82. The fourth-order valence-electron chi connectivity index (χ4n) is 0.432. The summed E-state index contributed by atoms with van der Waals surface area (Å²) in [7, 11) is 1.60. The maximum absolute atomic E-state index is 12.5. The van der Waals surface area contributed by atoms with Crippen LogP contribution in [0, 0.1) is 0 Å². The molecule has 0 saturated heterocycles. The molecule has 0 radical (unpaired) electrons. The van der Waals surface area contributed by atoms with Crippen LogP contribution < -0.4 is 0 Å². The second kappa shape index (κ2) is 6.20. The first-order valence-corrected chi connectivity index (χ1v) is 3.25. The molecule has 0 fully saturated rings. The molecule has 0 aromatic heterocycles. The van der Waals surface area contributed by atoms with Crippen LogP contribution in [-0.4, -0.2) is 13.3 Å². The molecule has 1 nitrogen and oxygen atoms in total. The second-order valence-corrected chi connectivity index (χ2v) is 1.77. The lowest BCUT2D eigenvalue weighted by molar-refractivity contribution is 0.668. The summed E-state index contributed by atoms with van der Waals surface area (Å²) in [4.78, 5) is 3.61. The molecule has 0 rings (SSSR count). The van der Waals surface area contributed by atoms with Gasteiger partial charge in [0, 0.05) is 13.3 Å². The molecule has 0 spiro atoms. The number of halogens is 1. The molecule has 10 heavy (non-hydrogen) atoms. The van der Waals surface area contributed by atoms with Crippen molar-refractivity contribution in [1.29, 1.82) is 0 Å².